The molecule has 88 valence electrons. The molecule has 17 heavy (non-hydrogen) atoms. The molecule has 0 radical (unpaired) electrons. The summed E-state index contributed by atoms with van der Waals surface area (Å²) >= 11 is 0. The number of ketones is 1. The topological polar surface area (TPSA) is 42.0 Å². The minimum atomic E-state index is 0.171. The Morgan fingerprint density at radius 3 is 2.94 bits per heavy atom. The van der Waals surface area contributed by atoms with Gasteiger partial charge in [0, 0.05) is 23.6 Å². The van der Waals surface area contributed by atoms with Crippen LogP contribution in [-0.4, -0.2) is 24.4 Å². The third kappa shape index (κ3) is 2.68. The fourth-order valence-electron chi connectivity index (χ4n) is 1.89. The first-order valence-electron chi connectivity index (χ1n) is 5.84. The Balaban J connectivity index is 2.26. The lowest BCUT2D eigenvalue weighted by molar-refractivity contribution is 0.0981. The average molecular weight is 228 g/mol. The van der Waals surface area contributed by atoms with Crippen molar-refractivity contribution < 1.29 is 4.79 Å². The molecule has 3 nitrogen and oxygen atoms in total. The molecule has 0 saturated heterocycles. The highest BCUT2D eigenvalue weighted by Crippen LogP contribution is 2.17. The minimum Gasteiger partial charge on any atom is -0.320 e. The molecule has 0 unspecified atom stereocenters. The molecule has 2 rings (SSSR count). The second kappa shape index (κ2) is 5.55. The fraction of sp³-hybridized carbons (Fsp3) is 0.286. The highest BCUT2D eigenvalue weighted by molar-refractivity contribution is 6.06. The van der Waals surface area contributed by atoms with Crippen LogP contribution in [0.2, 0.25) is 0 Å². The maximum Gasteiger partial charge on any atom is 0.165 e. The molecule has 1 N–H and O–H groups in total. The van der Waals surface area contributed by atoms with Crippen LogP contribution < -0.4 is 5.32 Å². The van der Waals surface area contributed by atoms with Gasteiger partial charge in [-0.3, -0.25) is 9.78 Å². The van der Waals surface area contributed by atoms with Gasteiger partial charge in [0.2, 0.25) is 0 Å². The first-order valence-corrected chi connectivity index (χ1v) is 5.84. The van der Waals surface area contributed by atoms with Crippen LogP contribution in [0.5, 0.6) is 0 Å². The van der Waals surface area contributed by atoms with Gasteiger partial charge in [-0.2, -0.15) is 0 Å². The second-order valence-electron chi connectivity index (χ2n) is 4.01. The van der Waals surface area contributed by atoms with Crippen LogP contribution in [0, 0.1) is 0 Å². The number of carbonyl (C=O) groups excluding carboxylic acids is 1. The molecule has 1 heterocycles. The maximum absolute atomic E-state index is 12.1. The van der Waals surface area contributed by atoms with Crippen molar-refractivity contribution >= 4 is 16.7 Å². The Morgan fingerprint density at radius 1 is 1.29 bits per heavy atom. The Labute approximate surface area is 101 Å². The molecular formula is C14H16N2O. The van der Waals surface area contributed by atoms with E-state index < -0.39 is 0 Å². The van der Waals surface area contributed by atoms with E-state index in [4.69, 9.17) is 0 Å². The van der Waals surface area contributed by atoms with Crippen LogP contribution in [0.4, 0.5) is 0 Å². The van der Waals surface area contributed by atoms with E-state index in [2.05, 4.69) is 10.3 Å². The van der Waals surface area contributed by atoms with Gasteiger partial charge in [-0.25, -0.2) is 0 Å². The molecule has 0 fully saturated rings. The van der Waals surface area contributed by atoms with Crippen LogP contribution >= 0.6 is 0 Å². The van der Waals surface area contributed by atoms with Crippen LogP contribution in [0.25, 0.3) is 10.9 Å². The standard InChI is InChI=1S/C14H16N2O/c1-15-9-4-8-13(17)12-7-2-5-11-6-3-10-16-14(11)12/h2-3,5-7,10,15H,4,8-9H2,1H3. The van der Waals surface area contributed by atoms with Crippen molar-refractivity contribution in [1.29, 1.82) is 0 Å². The Bertz CT molecular complexity index is 517. The lowest BCUT2D eigenvalue weighted by atomic mass is 10.0. The molecule has 2 aromatic rings. The van der Waals surface area contributed by atoms with Gasteiger partial charge in [-0.05, 0) is 32.1 Å². The van der Waals surface area contributed by atoms with E-state index in [1.165, 1.54) is 0 Å². The van der Waals surface area contributed by atoms with Gasteiger partial charge < -0.3 is 5.32 Å². The summed E-state index contributed by atoms with van der Waals surface area (Å²) in [6.07, 6.45) is 3.15. The molecule has 3 heteroatoms. The van der Waals surface area contributed by atoms with Crippen molar-refractivity contribution in [2.75, 3.05) is 13.6 Å². The highest BCUT2D eigenvalue weighted by Gasteiger charge is 2.09. The highest BCUT2D eigenvalue weighted by atomic mass is 16.1. The number of rotatable bonds is 5. The molecule has 0 atom stereocenters. The van der Waals surface area contributed by atoms with E-state index in [0.29, 0.717) is 6.42 Å². The van der Waals surface area contributed by atoms with E-state index in [1.807, 2.05) is 37.4 Å². The number of hydrogen-bond donors (Lipinski definition) is 1. The summed E-state index contributed by atoms with van der Waals surface area (Å²) in [5.74, 6) is 0.171. The third-order valence-corrected chi connectivity index (χ3v) is 2.76. The minimum absolute atomic E-state index is 0.171. The number of aromatic nitrogens is 1. The second-order valence-corrected chi connectivity index (χ2v) is 4.01. The normalized spacial score (nSPS) is 10.6. The molecule has 1 aromatic carbocycles. The number of para-hydroxylation sites is 1. The molecule has 0 aliphatic heterocycles. The summed E-state index contributed by atoms with van der Waals surface area (Å²) in [7, 11) is 1.89. The zero-order valence-corrected chi connectivity index (χ0v) is 9.94. The van der Waals surface area contributed by atoms with E-state index in [9.17, 15) is 4.79 Å². The van der Waals surface area contributed by atoms with Crippen molar-refractivity contribution in [2.24, 2.45) is 0 Å². The third-order valence-electron chi connectivity index (χ3n) is 2.76. The lowest BCUT2D eigenvalue weighted by Crippen LogP contribution is -2.10. The number of pyridine rings is 1. The zero-order chi connectivity index (χ0) is 12.1. The lowest BCUT2D eigenvalue weighted by Gasteiger charge is -2.04. The summed E-state index contributed by atoms with van der Waals surface area (Å²) in [6, 6.07) is 9.61. The predicted molar refractivity (Wildman–Crippen MR) is 69.2 cm³/mol. The average Bonchev–Trinajstić information content (AvgIpc) is 2.38. The molecule has 0 bridgehead atoms. The number of fused-ring (bicyclic) bond motifs is 1. The smallest absolute Gasteiger partial charge is 0.165 e. The van der Waals surface area contributed by atoms with Crippen molar-refractivity contribution in [3.05, 3.63) is 42.1 Å². The van der Waals surface area contributed by atoms with E-state index in [0.717, 1.165) is 29.4 Å². The summed E-state index contributed by atoms with van der Waals surface area (Å²) in [5.41, 5.74) is 1.55. The number of nitrogens with zero attached hydrogens (tertiary/aromatic N) is 1. The first-order chi connectivity index (χ1) is 8.33. The zero-order valence-electron chi connectivity index (χ0n) is 9.94. The summed E-state index contributed by atoms with van der Waals surface area (Å²) in [5, 5.41) is 4.06. The molecule has 0 amide bonds. The number of hydrogen-bond acceptors (Lipinski definition) is 3. The predicted octanol–water partition coefficient (Wildman–Crippen LogP) is 2.42. The van der Waals surface area contributed by atoms with Crippen molar-refractivity contribution in [2.45, 2.75) is 12.8 Å². The first kappa shape index (κ1) is 11.7. The van der Waals surface area contributed by atoms with Gasteiger partial charge in [0.05, 0.1) is 5.52 Å². The summed E-state index contributed by atoms with van der Waals surface area (Å²) < 4.78 is 0. The van der Waals surface area contributed by atoms with E-state index >= 15 is 0 Å². The van der Waals surface area contributed by atoms with Crippen molar-refractivity contribution in [1.82, 2.24) is 10.3 Å². The number of Topliss-reactive ketones (excluding diaryl/α,β-unsaturated/α-hetero) is 1. The Kier molecular flexibility index (Phi) is 3.83. The van der Waals surface area contributed by atoms with Crippen LogP contribution in [0.15, 0.2) is 36.5 Å². The van der Waals surface area contributed by atoms with E-state index in [1.54, 1.807) is 6.20 Å². The van der Waals surface area contributed by atoms with Crippen molar-refractivity contribution in [3.63, 3.8) is 0 Å². The Morgan fingerprint density at radius 2 is 2.12 bits per heavy atom. The monoisotopic (exact) mass is 228 g/mol. The fourth-order valence-corrected chi connectivity index (χ4v) is 1.89. The van der Waals surface area contributed by atoms with Gasteiger partial charge in [0.15, 0.2) is 5.78 Å². The number of nitrogens with one attached hydrogen (secondary N) is 1. The van der Waals surface area contributed by atoms with Gasteiger partial charge in [0.25, 0.3) is 0 Å². The SMILES string of the molecule is CNCCCC(=O)c1cccc2cccnc12. The largest absolute Gasteiger partial charge is 0.320 e. The quantitative estimate of drug-likeness (QED) is 0.631. The van der Waals surface area contributed by atoms with Crippen LogP contribution in [0.3, 0.4) is 0 Å². The maximum atomic E-state index is 12.1. The number of benzene rings is 1. The van der Waals surface area contributed by atoms with Crippen molar-refractivity contribution in [3.8, 4) is 0 Å². The molecule has 0 aliphatic rings. The van der Waals surface area contributed by atoms with Gasteiger partial charge in [-0.1, -0.05) is 18.2 Å². The van der Waals surface area contributed by atoms with Gasteiger partial charge in [-0.15, -0.1) is 0 Å². The van der Waals surface area contributed by atoms with E-state index in [-0.39, 0.29) is 5.78 Å². The molecule has 0 spiro atoms. The molecule has 0 saturated carbocycles. The molecule has 1 aromatic heterocycles. The summed E-state index contributed by atoms with van der Waals surface area (Å²) in [6.45, 7) is 0.865. The molecular weight excluding hydrogens is 212 g/mol. The van der Waals surface area contributed by atoms with Gasteiger partial charge >= 0.3 is 0 Å². The number of carbonyl (C=O) groups is 1. The van der Waals surface area contributed by atoms with Gasteiger partial charge in [0.1, 0.15) is 0 Å². The summed E-state index contributed by atoms with van der Waals surface area (Å²) in [4.78, 5) is 16.4. The Hall–Kier alpha value is -1.74. The molecule has 0 aliphatic carbocycles. The van der Waals surface area contributed by atoms with Crippen LogP contribution in [0.1, 0.15) is 23.2 Å². The van der Waals surface area contributed by atoms with Crippen LogP contribution in [-0.2, 0) is 0 Å².